The highest BCUT2D eigenvalue weighted by molar-refractivity contribution is 5.87. The van der Waals surface area contributed by atoms with Gasteiger partial charge in [-0.15, -0.1) is 0 Å². The van der Waals surface area contributed by atoms with Crippen LogP contribution in [-0.2, 0) is 11.3 Å². The molecule has 0 aliphatic carbocycles. The number of ether oxygens (including phenoxy) is 1. The van der Waals surface area contributed by atoms with E-state index in [-0.39, 0.29) is 6.04 Å². The van der Waals surface area contributed by atoms with Gasteiger partial charge in [-0.3, -0.25) is 4.90 Å². The zero-order chi connectivity index (χ0) is 12.3. The molecule has 2 heterocycles. The lowest BCUT2D eigenvalue weighted by Crippen LogP contribution is -2.26. The smallest absolute Gasteiger partial charge is 0.356 e. The van der Waals surface area contributed by atoms with Crippen molar-refractivity contribution >= 4 is 5.97 Å². The molecule has 1 atom stereocenters. The van der Waals surface area contributed by atoms with Gasteiger partial charge in [0.15, 0.2) is 0 Å². The second kappa shape index (κ2) is 5.25. The molecule has 1 fully saturated rings. The predicted molar refractivity (Wildman–Crippen MR) is 63.4 cm³/mol. The summed E-state index contributed by atoms with van der Waals surface area (Å²) < 4.78 is 4.64. The van der Waals surface area contributed by atoms with E-state index in [9.17, 15) is 4.79 Å². The molecule has 0 aromatic carbocycles. The lowest BCUT2D eigenvalue weighted by Gasteiger charge is -2.14. The molecule has 2 rings (SSSR count). The first-order chi connectivity index (χ1) is 8.19. The molecule has 2 N–H and O–H groups in total. The Kier molecular flexibility index (Phi) is 3.71. The van der Waals surface area contributed by atoms with Crippen LogP contribution in [0.3, 0.4) is 0 Å². The molecule has 0 unspecified atom stereocenters. The number of nitrogens with two attached hydrogens (primary N) is 1. The molecule has 1 aliphatic rings. The van der Waals surface area contributed by atoms with Crippen molar-refractivity contribution in [3.05, 3.63) is 29.6 Å². The topological polar surface area (TPSA) is 68.5 Å². The summed E-state index contributed by atoms with van der Waals surface area (Å²) in [7, 11) is 1.36. The minimum absolute atomic E-state index is 0.263. The molecule has 1 aromatic rings. The quantitative estimate of drug-likeness (QED) is 0.768. The van der Waals surface area contributed by atoms with Crippen molar-refractivity contribution in [1.82, 2.24) is 9.88 Å². The summed E-state index contributed by atoms with van der Waals surface area (Å²) in [5.41, 5.74) is 7.07. The third kappa shape index (κ3) is 3.01. The Morgan fingerprint density at radius 1 is 1.65 bits per heavy atom. The second-order valence-electron chi connectivity index (χ2n) is 4.29. The van der Waals surface area contributed by atoms with Crippen molar-refractivity contribution in [1.29, 1.82) is 0 Å². The van der Waals surface area contributed by atoms with Gasteiger partial charge in [0.1, 0.15) is 5.69 Å². The average Bonchev–Trinajstić information content (AvgIpc) is 2.74. The largest absolute Gasteiger partial charge is 0.464 e. The van der Waals surface area contributed by atoms with Crippen LogP contribution in [0.4, 0.5) is 0 Å². The van der Waals surface area contributed by atoms with E-state index in [1.54, 1.807) is 6.07 Å². The number of hydrogen-bond acceptors (Lipinski definition) is 5. The van der Waals surface area contributed by atoms with Crippen LogP contribution in [0.2, 0.25) is 0 Å². The summed E-state index contributed by atoms with van der Waals surface area (Å²) in [5.74, 6) is -0.398. The van der Waals surface area contributed by atoms with Gasteiger partial charge in [0.2, 0.25) is 0 Å². The van der Waals surface area contributed by atoms with Crippen LogP contribution < -0.4 is 5.73 Å². The van der Waals surface area contributed by atoms with Crippen molar-refractivity contribution in [3.63, 3.8) is 0 Å². The van der Waals surface area contributed by atoms with Gasteiger partial charge in [0.05, 0.1) is 12.8 Å². The zero-order valence-electron chi connectivity index (χ0n) is 9.93. The molecule has 5 heteroatoms. The van der Waals surface area contributed by atoms with Crippen molar-refractivity contribution < 1.29 is 9.53 Å². The molecule has 0 bridgehead atoms. The van der Waals surface area contributed by atoms with Gasteiger partial charge in [-0.25, -0.2) is 9.78 Å². The Morgan fingerprint density at radius 3 is 3.12 bits per heavy atom. The Hall–Kier alpha value is -1.46. The van der Waals surface area contributed by atoms with E-state index in [4.69, 9.17) is 5.73 Å². The fourth-order valence-electron chi connectivity index (χ4n) is 2.02. The van der Waals surface area contributed by atoms with Crippen molar-refractivity contribution in [3.8, 4) is 0 Å². The van der Waals surface area contributed by atoms with Crippen molar-refractivity contribution in [2.75, 3.05) is 20.2 Å². The highest BCUT2D eigenvalue weighted by Gasteiger charge is 2.19. The maximum Gasteiger partial charge on any atom is 0.356 e. The molecule has 0 radical (unpaired) electrons. The number of nitrogens with zero attached hydrogens (tertiary/aromatic N) is 2. The summed E-state index contributed by atoms with van der Waals surface area (Å²) >= 11 is 0. The molecule has 1 aromatic heterocycles. The van der Waals surface area contributed by atoms with Crippen LogP contribution >= 0.6 is 0 Å². The Balaban J connectivity index is 2.03. The summed E-state index contributed by atoms with van der Waals surface area (Å²) in [6.07, 6.45) is 1.02. The number of hydrogen-bond donors (Lipinski definition) is 1. The number of esters is 1. The van der Waals surface area contributed by atoms with E-state index in [0.29, 0.717) is 5.69 Å². The summed E-state index contributed by atoms with van der Waals surface area (Å²) in [4.78, 5) is 17.9. The number of rotatable bonds is 3. The number of aromatic nitrogens is 1. The first kappa shape index (κ1) is 12.0. The van der Waals surface area contributed by atoms with Gasteiger partial charge in [-0.05, 0) is 18.6 Å². The van der Waals surface area contributed by atoms with Crippen molar-refractivity contribution in [2.45, 2.75) is 19.0 Å². The third-order valence-corrected chi connectivity index (χ3v) is 2.90. The first-order valence-corrected chi connectivity index (χ1v) is 5.71. The Bertz CT molecular complexity index is 408. The van der Waals surface area contributed by atoms with Crippen LogP contribution in [0.15, 0.2) is 18.2 Å². The van der Waals surface area contributed by atoms with E-state index < -0.39 is 5.97 Å². The SMILES string of the molecule is COC(=O)c1cccc(CN2CC[C@@H](N)C2)n1. The van der Waals surface area contributed by atoms with Gasteiger partial charge in [0.25, 0.3) is 0 Å². The molecule has 17 heavy (non-hydrogen) atoms. The van der Waals surface area contributed by atoms with Gasteiger partial charge < -0.3 is 10.5 Å². The van der Waals surface area contributed by atoms with Crippen LogP contribution in [0.5, 0.6) is 0 Å². The predicted octanol–water partition coefficient (Wildman–Crippen LogP) is 0.401. The zero-order valence-corrected chi connectivity index (χ0v) is 9.93. The molecule has 92 valence electrons. The fourth-order valence-corrected chi connectivity index (χ4v) is 2.02. The maximum atomic E-state index is 11.3. The molecule has 0 spiro atoms. The first-order valence-electron chi connectivity index (χ1n) is 5.71. The molecular formula is C12H17N3O2. The minimum Gasteiger partial charge on any atom is -0.464 e. The summed E-state index contributed by atoms with van der Waals surface area (Å²) in [6.45, 7) is 2.62. The normalized spacial score (nSPS) is 20.5. The molecular weight excluding hydrogens is 218 g/mol. The summed E-state index contributed by atoms with van der Waals surface area (Å²) in [5, 5.41) is 0. The molecule has 1 aliphatic heterocycles. The lowest BCUT2D eigenvalue weighted by molar-refractivity contribution is 0.0593. The number of likely N-dealkylation sites (tertiary alicyclic amines) is 1. The van der Waals surface area contributed by atoms with E-state index in [0.717, 1.165) is 31.7 Å². The number of carbonyl (C=O) groups is 1. The molecule has 1 saturated heterocycles. The van der Waals surface area contributed by atoms with Crippen LogP contribution in [-0.4, -0.2) is 42.1 Å². The standard InChI is InChI=1S/C12H17N3O2/c1-17-12(16)11-4-2-3-10(14-11)8-15-6-5-9(13)7-15/h2-4,9H,5-8,13H2,1H3/t9-/m1/s1. The maximum absolute atomic E-state index is 11.3. The van der Waals surface area contributed by atoms with Crippen LogP contribution in [0.1, 0.15) is 22.6 Å². The highest BCUT2D eigenvalue weighted by atomic mass is 16.5. The second-order valence-corrected chi connectivity index (χ2v) is 4.29. The average molecular weight is 235 g/mol. The van der Waals surface area contributed by atoms with Crippen LogP contribution in [0.25, 0.3) is 0 Å². The molecule has 0 saturated carbocycles. The fraction of sp³-hybridized carbons (Fsp3) is 0.500. The van der Waals surface area contributed by atoms with Crippen LogP contribution in [0, 0.1) is 0 Å². The Morgan fingerprint density at radius 2 is 2.47 bits per heavy atom. The van der Waals surface area contributed by atoms with Gasteiger partial charge in [-0.2, -0.15) is 0 Å². The number of pyridine rings is 1. The van der Waals surface area contributed by atoms with E-state index in [1.807, 2.05) is 12.1 Å². The Labute approximate surface area is 101 Å². The third-order valence-electron chi connectivity index (χ3n) is 2.90. The monoisotopic (exact) mass is 235 g/mol. The van der Waals surface area contributed by atoms with Gasteiger partial charge >= 0.3 is 5.97 Å². The van der Waals surface area contributed by atoms with E-state index in [1.165, 1.54) is 7.11 Å². The summed E-state index contributed by atoms with van der Waals surface area (Å²) in [6, 6.07) is 5.66. The van der Waals surface area contributed by atoms with Gasteiger partial charge in [-0.1, -0.05) is 6.07 Å². The number of carbonyl (C=O) groups excluding carboxylic acids is 1. The van der Waals surface area contributed by atoms with Gasteiger partial charge in [0, 0.05) is 25.7 Å². The number of methoxy groups -OCH3 is 1. The highest BCUT2D eigenvalue weighted by Crippen LogP contribution is 2.11. The lowest BCUT2D eigenvalue weighted by atomic mass is 10.3. The minimum atomic E-state index is -0.398. The molecule has 0 amide bonds. The molecule has 5 nitrogen and oxygen atoms in total. The van der Waals surface area contributed by atoms with E-state index >= 15 is 0 Å². The van der Waals surface area contributed by atoms with Crippen molar-refractivity contribution in [2.24, 2.45) is 5.73 Å². The van der Waals surface area contributed by atoms with E-state index in [2.05, 4.69) is 14.6 Å².